The molecule has 19 heavy (non-hydrogen) atoms. The molecular weight excluding hydrogens is 238 g/mol. The van der Waals surface area contributed by atoms with Gasteiger partial charge in [-0.25, -0.2) is 4.98 Å². The van der Waals surface area contributed by atoms with Gasteiger partial charge in [-0.05, 0) is 25.7 Å². The van der Waals surface area contributed by atoms with Gasteiger partial charge in [0.25, 0.3) is 0 Å². The molecule has 4 nitrogen and oxygen atoms in total. The Morgan fingerprint density at radius 1 is 1.16 bits per heavy atom. The molecule has 4 heteroatoms. The van der Waals surface area contributed by atoms with Crippen molar-refractivity contribution in [3.8, 4) is 0 Å². The van der Waals surface area contributed by atoms with Gasteiger partial charge in [0.15, 0.2) is 0 Å². The van der Waals surface area contributed by atoms with Gasteiger partial charge in [0.2, 0.25) is 0 Å². The highest BCUT2D eigenvalue weighted by Gasteiger charge is 2.35. The fraction of sp³-hybridized carbons (Fsp3) is 0.800. The van der Waals surface area contributed by atoms with Gasteiger partial charge in [0.1, 0.15) is 11.6 Å². The van der Waals surface area contributed by atoms with Crippen LogP contribution in [0.25, 0.3) is 0 Å². The topological polar surface area (TPSA) is 53.1 Å². The summed E-state index contributed by atoms with van der Waals surface area (Å²) in [4.78, 5) is 4.95. The van der Waals surface area contributed by atoms with Crippen LogP contribution in [0.1, 0.15) is 69.9 Å². The van der Waals surface area contributed by atoms with Gasteiger partial charge in [-0.15, -0.1) is 0 Å². The summed E-state index contributed by atoms with van der Waals surface area (Å²) in [6.45, 7) is 8.35. The van der Waals surface area contributed by atoms with Crippen LogP contribution in [-0.2, 0) is 10.2 Å². The third-order valence-corrected chi connectivity index (χ3v) is 4.17. The number of nitrogen functional groups attached to an aromatic ring is 1. The van der Waals surface area contributed by atoms with Crippen molar-refractivity contribution < 1.29 is 4.74 Å². The van der Waals surface area contributed by atoms with Crippen LogP contribution in [0.2, 0.25) is 0 Å². The molecule has 1 aromatic heterocycles. The van der Waals surface area contributed by atoms with Gasteiger partial charge in [-0.2, -0.15) is 0 Å². The maximum absolute atomic E-state index is 6.43. The number of ether oxygens (including phenoxy) is 1. The quantitative estimate of drug-likeness (QED) is 0.892. The lowest BCUT2D eigenvalue weighted by Crippen LogP contribution is -2.19. The summed E-state index contributed by atoms with van der Waals surface area (Å²) in [5, 5.41) is 0. The highest BCUT2D eigenvalue weighted by Crippen LogP contribution is 2.43. The molecule has 1 aliphatic heterocycles. The lowest BCUT2D eigenvalue weighted by Gasteiger charge is -2.20. The van der Waals surface area contributed by atoms with Crippen molar-refractivity contribution in [3.63, 3.8) is 0 Å². The summed E-state index contributed by atoms with van der Waals surface area (Å²) in [5.74, 6) is 2.56. The Morgan fingerprint density at radius 2 is 1.79 bits per heavy atom. The third kappa shape index (κ3) is 2.38. The van der Waals surface area contributed by atoms with E-state index in [0.717, 1.165) is 43.4 Å². The van der Waals surface area contributed by atoms with Crippen molar-refractivity contribution in [1.29, 1.82) is 0 Å². The van der Waals surface area contributed by atoms with Gasteiger partial charge in [0, 0.05) is 30.6 Å². The minimum atomic E-state index is 0.0557. The molecule has 0 unspecified atom stereocenters. The van der Waals surface area contributed by atoms with Crippen LogP contribution >= 0.6 is 0 Å². The Bertz CT molecular complexity index is 462. The SMILES string of the molecule is CC(C)(C)c1nc(C2CCOCC2)c(N)n1C1CC1. The van der Waals surface area contributed by atoms with E-state index in [-0.39, 0.29) is 5.41 Å². The first-order valence-corrected chi connectivity index (χ1v) is 7.44. The van der Waals surface area contributed by atoms with E-state index < -0.39 is 0 Å². The molecule has 1 saturated carbocycles. The monoisotopic (exact) mass is 263 g/mol. The van der Waals surface area contributed by atoms with Crippen molar-refractivity contribution in [2.75, 3.05) is 18.9 Å². The Hall–Kier alpha value is -1.03. The summed E-state index contributed by atoms with van der Waals surface area (Å²) < 4.78 is 7.76. The van der Waals surface area contributed by atoms with Gasteiger partial charge >= 0.3 is 0 Å². The number of nitrogens with zero attached hydrogens (tertiary/aromatic N) is 2. The van der Waals surface area contributed by atoms with Gasteiger partial charge < -0.3 is 15.0 Å². The number of nitrogens with two attached hydrogens (primary N) is 1. The van der Waals surface area contributed by atoms with E-state index in [4.69, 9.17) is 15.5 Å². The van der Waals surface area contributed by atoms with Crippen molar-refractivity contribution in [2.24, 2.45) is 0 Å². The number of hydrogen-bond donors (Lipinski definition) is 1. The molecule has 2 aliphatic rings. The second kappa shape index (κ2) is 4.51. The van der Waals surface area contributed by atoms with Crippen LogP contribution in [-0.4, -0.2) is 22.8 Å². The largest absolute Gasteiger partial charge is 0.384 e. The first kappa shape index (κ1) is 13.0. The maximum Gasteiger partial charge on any atom is 0.127 e. The molecule has 2 heterocycles. The molecule has 106 valence electrons. The summed E-state index contributed by atoms with van der Waals surface area (Å²) in [5.41, 5.74) is 7.61. The Labute approximate surface area is 115 Å². The van der Waals surface area contributed by atoms with Gasteiger partial charge in [-0.3, -0.25) is 0 Å². The zero-order chi connectivity index (χ0) is 13.6. The van der Waals surface area contributed by atoms with Gasteiger partial charge in [0.05, 0.1) is 5.69 Å². The van der Waals surface area contributed by atoms with Crippen LogP contribution in [0.3, 0.4) is 0 Å². The predicted molar refractivity (Wildman–Crippen MR) is 76.4 cm³/mol. The summed E-state index contributed by atoms with van der Waals surface area (Å²) >= 11 is 0. The average molecular weight is 263 g/mol. The zero-order valence-corrected chi connectivity index (χ0v) is 12.3. The van der Waals surface area contributed by atoms with Crippen LogP contribution in [0, 0.1) is 0 Å². The molecule has 1 saturated heterocycles. The molecule has 0 bridgehead atoms. The minimum Gasteiger partial charge on any atom is -0.384 e. The van der Waals surface area contributed by atoms with Crippen LogP contribution in [0.4, 0.5) is 5.82 Å². The van der Waals surface area contributed by atoms with E-state index in [0.29, 0.717) is 12.0 Å². The highest BCUT2D eigenvalue weighted by molar-refractivity contribution is 5.43. The molecule has 1 aromatic rings. The molecule has 0 amide bonds. The standard InChI is InChI=1S/C15H25N3O/c1-15(2,3)14-17-12(10-6-8-19-9-7-10)13(16)18(14)11-4-5-11/h10-11H,4-9,16H2,1-3H3. The Balaban J connectivity index is 2.00. The summed E-state index contributed by atoms with van der Waals surface area (Å²) in [7, 11) is 0. The maximum atomic E-state index is 6.43. The number of aromatic nitrogens is 2. The van der Waals surface area contributed by atoms with Crippen molar-refractivity contribution in [3.05, 3.63) is 11.5 Å². The fourth-order valence-corrected chi connectivity index (χ4v) is 2.97. The van der Waals surface area contributed by atoms with E-state index in [2.05, 4.69) is 25.3 Å². The minimum absolute atomic E-state index is 0.0557. The molecule has 0 radical (unpaired) electrons. The van der Waals surface area contributed by atoms with Crippen molar-refractivity contribution in [1.82, 2.24) is 9.55 Å². The predicted octanol–water partition coefficient (Wildman–Crippen LogP) is 2.99. The first-order valence-electron chi connectivity index (χ1n) is 7.44. The molecule has 1 aliphatic carbocycles. The van der Waals surface area contributed by atoms with E-state index in [1.54, 1.807) is 0 Å². The molecule has 2 fully saturated rings. The fourth-order valence-electron chi connectivity index (χ4n) is 2.97. The van der Waals surface area contributed by atoms with Crippen LogP contribution in [0.5, 0.6) is 0 Å². The average Bonchev–Trinajstić information content (AvgIpc) is 3.13. The molecular formula is C15H25N3O. The highest BCUT2D eigenvalue weighted by atomic mass is 16.5. The van der Waals surface area contributed by atoms with Crippen molar-refractivity contribution >= 4 is 5.82 Å². The number of anilines is 1. The van der Waals surface area contributed by atoms with Crippen molar-refractivity contribution in [2.45, 2.75) is 63.8 Å². The summed E-state index contributed by atoms with van der Waals surface area (Å²) in [6.07, 6.45) is 4.60. The number of rotatable bonds is 2. The molecule has 2 N–H and O–H groups in total. The molecule has 0 atom stereocenters. The second-order valence-corrected chi connectivity index (χ2v) is 6.94. The Kier molecular flexibility index (Phi) is 3.08. The first-order chi connectivity index (χ1) is 8.98. The lowest BCUT2D eigenvalue weighted by atomic mass is 9.95. The summed E-state index contributed by atoms with van der Waals surface area (Å²) in [6, 6.07) is 0.593. The van der Waals surface area contributed by atoms with E-state index in [9.17, 15) is 0 Å². The smallest absolute Gasteiger partial charge is 0.127 e. The lowest BCUT2D eigenvalue weighted by molar-refractivity contribution is 0.0847. The van der Waals surface area contributed by atoms with E-state index in [1.807, 2.05) is 0 Å². The number of imidazole rings is 1. The Morgan fingerprint density at radius 3 is 2.32 bits per heavy atom. The molecule has 0 spiro atoms. The second-order valence-electron chi connectivity index (χ2n) is 6.94. The van der Waals surface area contributed by atoms with E-state index in [1.165, 1.54) is 12.8 Å². The molecule has 3 rings (SSSR count). The molecule has 0 aromatic carbocycles. The normalized spacial score (nSPS) is 21.8. The van der Waals surface area contributed by atoms with Crippen LogP contribution < -0.4 is 5.73 Å². The van der Waals surface area contributed by atoms with E-state index >= 15 is 0 Å². The third-order valence-electron chi connectivity index (χ3n) is 4.17. The van der Waals surface area contributed by atoms with Gasteiger partial charge in [-0.1, -0.05) is 20.8 Å². The van der Waals surface area contributed by atoms with Crippen LogP contribution in [0.15, 0.2) is 0 Å². The number of hydrogen-bond acceptors (Lipinski definition) is 3. The zero-order valence-electron chi connectivity index (χ0n) is 12.3.